The van der Waals surface area contributed by atoms with Crippen molar-refractivity contribution in [1.82, 2.24) is 14.6 Å². The monoisotopic (exact) mass is 275 g/mol. The minimum absolute atomic E-state index is 0.630. The van der Waals surface area contributed by atoms with Gasteiger partial charge in [-0.15, -0.1) is 22.0 Å². The molecular weight excluding hydrogens is 266 g/mol. The van der Waals surface area contributed by atoms with Crippen LogP contribution in [-0.4, -0.2) is 14.6 Å². The summed E-state index contributed by atoms with van der Waals surface area (Å²) in [6, 6.07) is 12.3. The smallest absolute Gasteiger partial charge is 0.179 e. The van der Waals surface area contributed by atoms with Gasteiger partial charge in [-0.1, -0.05) is 41.9 Å². The molecule has 0 saturated carbocycles. The molecule has 0 bridgehead atoms. The average Bonchev–Trinajstić information content (AvgIpc) is 2.86. The zero-order valence-corrected chi connectivity index (χ0v) is 11.0. The molecule has 18 heavy (non-hydrogen) atoms. The van der Waals surface area contributed by atoms with Crippen molar-refractivity contribution in [2.75, 3.05) is 0 Å². The van der Waals surface area contributed by atoms with E-state index in [0.717, 1.165) is 10.6 Å². The fourth-order valence-corrected chi connectivity index (χ4v) is 2.92. The van der Waals surface area contributed by atoms with E-state index in [1.165, 1.54) is 5.56 Å². The van der Waals surface area contributed by atoms with Gasteiger partial charge in [0.15, 0.2) is 5.65 Å². The number of hydrogen-bond acceptors (Lipinski definition) is 3. The van der Waals surface area contributed by atoms with Crippen molar-refractivity contribution in [3.8, 4) is 0 Å². The number of nitrogens with zero attached hydrogens (tertiary/aromatic N) is 3. The molecule has 0 atom stereocenters. The van der Waals surface area contributed by atoms with Crippen molar-refractivity contribution in [1.29, 1.82) is 0 Å². The standard InChI is InChI=1S/C13H10ClN3S/c14-12-6-11(7-17-9-15-16-13(12)17)18-8-10-4-2-1-3-5-10/h1-7,9H,8H2. The minimum Gasteiger partial charge on any atom is -0.287 e. The number of halogens is 1. The van der Waals surface area contributed by atoms with E-state index in [4.69, 9.17) is 11.6 Å². The molecule has 0 saturated heterocycles. The van der Waals surface area contributed by atoms with Crippen LogP contribution in [0.3, 0.4) is 0 Å². The number of aromatic nitrogens is 3. The highest BCUT2D eigenvalue weighted by molar-refractivity contribution is 7.98. The van der Waals surface area contributed by atoms with Gasteiger partial charge < -0.3 is 0 Å². The van der Waals surface area contributed by atoms with Crippen molar-refractivity contribution in [2.24, 2.45) is 0 Å². The van der Waals surface area contributed by atoms with Crippen molar-refractivity contribution in [3.05, 3.63) is 59.5 Å². The van der Waals surface area contributed by atoms with Crippen LogP contribution in [0.15, 0.2) is 53.8 Å². The molecule has 0 aliphatic rings. The topological polar surface area (TPSA) is 30.2 Å². The molecule has 3 nitrogen and oxygen atoms in total. The van der Waals surface area contributed by atoms with Crippen molar-refractivity contribution < 1.29 is 0 Å². The summed E-state index contributed by atoms with van der Waals surface area (Å²) in [4.78, 5) is 1.11. The highest BCUT2D eigenvalue weighted by Crippen LogP contribution is 2.26. The van der Waals surface area contributed by atoms with Gasteiger partial charge >= 0.3 is 0 Å². The molecule has 0 unspecified atom stereocenters. The first kappa shape index (κ1) is 11.6. The molecule has 5 heteroatoms. The van der Waals surface area contributed by atoms with Crippen LogP contribution < -0.4 is 0 Å². The molecule has 0 fully saturated rings. The SMILES string of the molecule is Clc1cc(SCc2ccccc2)cn2cnnc12. The molecule has 3 rings (SSSR count). The third-order valence-corrected chi connectivity index (χ3v) is 3.88. The zero-order valence-electron chi connectivity index (χ0n) is 9.45. The highest BCUT2D eigenvalue weighted by Gasteiger charge is 2.04. The van der Waals surface area contributed by atoms with Gasteiger partial charge in [0.2, 0.25) is 0 Å². The summed E-state index contributed by atoms with van der Waals surface area (Å²) in [5, 5.41) is 8.42. The average molecular weight is 276 g/mol. The van der Waals surface area contributed by atoms with E-state index in [2.05, 4.69) is 22.3 Å². The molecule has 90 valence electrons. The summed E-state index contributed by atoms with van der Waals surface area (Å²) in [7, 11) is 0. The predicted octanol–water partition coefficient (Wildman–Crippen LogP) is 3.68. The molecule has 0 radical (unpaired) electrons. The van der Waals surface area contributed by atoms with Gasteiger partial charge in [0.05, 0.1) is 5.02 Å². The van der Waals surface area contributed by atoms with Crippen LogP contribution in [0.4, 0.5) is 0 Å². The Hall–Kier alpha value is -1.52. The Bertz CT molecular complexity index is 666. The van der Waals surface area contributed by atoms with Gasteiger partial charge in [0, 0.05) is 16.8 Å². The van der Waals surface area contributed by atoms with E-state index in [-0.39, 0.29) is 0 Å². The Balaban J connectivity index is 1.82. The molecular formula is C13H10ClN3S. The normalized spacial score (nSPS) is 10.9. The summed E-state index contributed by atoms with van der Waals surface area (Å²) in [6.07, 6.45) is 3.66. The molecule has 0 aliphatic carbocycles. The second-order valence-electron chi connectivity index (χ2n) is 3.86. The molecule has 0 N–H and O–H groups in total. The van der Waals surface area contributed by atoms with Gasteiger partial charge in [-0.25, -0.2) is 0 Å². The third kappa shape index (κ3) is 2.35. The first-order valence-corrected chi connectivity index (χ1v) is 6.85. The Morgan fingerprint density at radius 2 is 2.06 bits per heavy atom. The van der Waals surface area contributed by atoms with Crippen LogP contribution in [0.2, 0.25) is 5.02 Å². The third-order valence-electron chi connectivity index (χ3n) is 2.57. The molecule has 0 aliphatic heterocycles. The lowest BCUT2D eigenvalue weighted by Crippen LogP contribution is -1.86. The maximum absolute atomic E-state index is 6.15. The van der Waals surface area contributed by atoms with Gasteiger partial charge in [-0.3, -0.25) is 4.40 Å². The first-order valence-electron chi connectivity index (χ1n) is 5.48. The quantitative estimate of drug-likeness (QED) is 0.683. The van der Waals surface area contributed by atoms with Crippen LogP contribution in [0.5, 0.6) is 0 Å². The van der Waals surface area contributed by atoms with E-state index in [9.17, 15) is 0 Å². The Morgan fingerprint density at radius 1 is 1.22 bits per heavy atom. The largest absolute Gasteiger partial charge is 0.287 e. The van der Waals surface area contributed by atoms with Crippen LogP contribution in [0, 0.1) is 0 Å². The lowest BCUT2D eigenvalue weighted by Gasteiger charge is -2.04. The van der Waals surface area contributed by atoms with Crippen LogP contribution in [0.25, 0.3) is 5.65 Å². The van der Waals surface area contributed by atoms with Crippen LogP contribution >= 0.6 is 23.4 Å². The minimum atomic E-state index is 0.630. The van der Waals surface area contributed by atoms with Crippen molar-refractivity contribution >= 4 is 29.0 Å². The highest BCUT2D eigenvalue weighted by atomic mass is 35.5. The molecule has 0 spiro atoms. The van der Waals surface area contributed by atoms with E-state index >= 15 is 0 Å². The van der Waals surface area contributed by atoms with Gasteiger partial charge in [0.1, 0.15) is 6.33 Å². The fourth-order valence-electron chi connectivity index (χ4n) is 1.69. The zero-order chi connectivity index (χ0) is 12.4. The van der Waals surface area contributed by atoms with E-state index in [0.29, 0.717) is 10.7 Å². The number of hydrogen-bond donors (Lipinski definition) is 0. The van der Waals surface area contributed by atoms with Crippen LogP contribution in [0.1, 0.15) is 5.56 Å². The lowest BCUT2D eigenvalue weighted by molar-refractivity contribution is 1.09. The second-order valence-corrected chi connectivity index (χ2v) is 5.32. The Morgan fingerprint density at radius 3 is 2.89 bits per heavy atom. The number of fused-ring (bicyclic) bond motifs is 1. The van der Waals surface area contributed by atoms with E-state index in [1.54, 1.807) is 18.1 Å². The number of benzene rings is 1. The van der Waals surface area contributed by atoms with Crippen molar-refractivity contribution in [3.63, 3.8) is 0 Å². The first-order chi connectivity index (χ1) is 8.83. The van der Waals surface area contributed by atoms with E-state index < -0.39 is 0 Å². The van der Waals surface area contributed by atoms with Gasteiger partial charge in [-0.05, 0) is 11.6 Å². The molecule has 1 aromatic carbocycles. The Labute approximate surface area is 114 Å². The number of pyridine rings is 1. The van der Waals surface area contributed by atoms with E-state index in [1.807, 2.05) is 34.9 Å². The summed E-state index contributed by atoms with van der Waals surface area (Å²) in [6.45, 7) is 0. The maximum Gasteiger partial charge on any atom is 0.179 e. The van der Waals surface area contributed by atoms with Gasteiger partial charge in [0.25, 0.3) is 0 Å². The van der Waals surface area contributed by atoms with Crippen LogP contribution in [-0.2, 0) is 5.75 Å². The lowest BCUT2D eigenvalue weighted by atomic mass is 10.2. The molecule has 3 aromatic rings. The van der Waals surface area contributed by atoms with Crippen molar-refractivity contribution in [2.45, 2.75) is 10.6 Å². The Kier molecular flexibility index (Phi) is 3.21. The predicted molar refractivity (Wildman–Crippen MR) is 74.0 cm³/mol. The second kappa shape index (κ2) is 5.00. The summed E-state index contributed by atoms with van der Waals surface area (Å²) in [5.74, 6) is 0.921. The fraction of sp³-hybridized carbons (Fsp3) is 0.0769. The molecule has 0 amide bonds. The molecule has 2 heterocycles. The summed E-state index contributed by atoms with van der Waals surface area (Å²) >= 11 is 7.89. The number of rotatable bonds is 3. The maximum atomic E-state index is 6.15. The number of thioether (sulfide) groups is 1. The summed E-state index contributed by atoms with van der Waals surface area (Å²) in [5.41, 5.74) is 1.99. The summed E-state index contributed by atoms with van der Waals surface area (Å²) < 4.78 is 1.84. The van der Waals surface area contributed by atoms with Gasteiger partial charge in [-0.2, -0.15) is 0 Å². The molecule has 2 aromatic heterocycles.